The average molecular weight is 462 g/mol. The minimum atomic E-state index is -4.79. The summed E-state index contributed by atoms with van der Waals surface area (Å²) in [5.74, 6) is -0.693. The van der Waals surface area contributed by atoms with E-state index in [4.69, 9.17) is 0 Å². The maximum Gasteiger partial charge on any atom is 0.573 e. The monoisotopic (exact) mass is 462 g/mol. The molecule has 2 aromatic heterocycles. The number of fused-ring (bicyclic) bond motifs is 1. The third-order valence-corrected chi connectivity index (χ3v) is 5.26. The number of halogens is 3. The van der Waals surface area contributed by atoms with Crippen LogP contribution in [0.4, 0.5) is 13.2 Å². The van der Waals surface area contributed by atoms with Crippen molar-refractivity contribution in [1.82, 2.24) is 19.7 Å². The average Bonchev–Trinajstić information content (AvgIpc) is 3.10. The van der Waals surface area contributed by atoms with Crippen LogP contribution in [0.2, 0.25) is 0 Å². The first-order chi connectivity index (χ1) is 15.7. The molecule has 1 unspecified atom stereocenters. The smallest absolute Gasteiger partial charge is 0.406 e. The quantitative estimate of drug-likeness (QED) is 0.547. The van der Waals surface area contributed by atoms with Crippen molar-refractivity contribution in [1.29, 1.82) is 0 Å². The van der Waals surface area contributed by atoms with Crippen molar-refractivity contribution < 1.29 is 32.9 Å². The number of nitrogens with zero attached hydrogens (tertiary/aromatic N) is 4. The Morgan fingerprint density at radius 3 is 2.58 bits per heavy atom. The summed E-state index contributed by atoms with van der Waals surface area (Å²) in [5.41, 5.74) is 2.16. The number of amides is 1. The second kappa shape index (κ2) is 8.83. The highest BCUT2D eigenvalue weighted by molar-refractivity contribution is 5.89. The van der Waals surface area contributed by atoms with Gasteiger partial charge in [-0.3, -0.25) is 4.79 Å². The number of benzene rings is 1. The standard InChI is InChI=1S/C22H21F3N4O4/c1-13(31)2-7-18(32)28-10-15(11-28)20-19-14(12-30)8-9-26-21(19)29(27-20)16-3-5-17(6-4-16)33-22(23,24)25/h2-9,13,15,30-31H,10-12H2,1H3. The zero-order valence-electron chi connectivity index (χ0n) is 17.5. The largest absolute Gasteiger partial charge is 0.573 e. The van der Waals surface area contributed by atoms with Crippen LogP contribution in [0.5, 0.6) is 5.75 Å². The van der Waals surface area contributed by atoms with Crippen LogP contribution in [0.3, 0.4) is 0 Å². The van der Waals surface area contributed by atoms with Crippen molar-refractivity contribution in [3.05, 3.63) is 59.9 Å². The summed E-state index contributed by atoms with van der Waals surface area (Å²) in [7, 11) is 0. The summed E-state index contributed by atoms with van der Waals surface area (Å²) in [4.78, 5) is 18.2. The zero-order chi connectivity index (χ0) is 23.8. The summed E-state index contributed by atoms with van der Waals surface area (Å²) < 4.78 is 42.8. The predicted octanol–water partition coefficient (Wildman–Crippen LogP) is 2.67. The Labute approximate surface area is 186 Å². The number of ether oxygens (including phenoxy) is 1. The molecule has 1 amide bonds. The Hall–Kier alpha value is -3.44. The number of likely N-dealkylation sites (tertiary alicyclic amines) is 1. The molecule has 0 saturated carbocycles. The van der Waals surface area contributed by atoms with Crippen molar-refractivity contribution >= 4 is 16.9 Å². The molecule has 1 aliphatic rings. The van der Waals surface area contributed by atoms with E-state index in [9.17, 15) is 28.2 Å². The van der Waals surface area contributed by atoms with E-state index in [1.807, 2.05) is 0 Å². The number of aromatic nitrogens is 3. The van der Waals surface area contributed by atoms with Gasteiger partial charge >= 0.3 is 6.36 Å². The molecule has 1 saturated heterocycles. The van der Waals surface area contributed by atoms with Gasteiger partial charge in [0.15, 0.2) is 5.65 Å². The van der Waals surface area contributed by atoms with Crippen LogP contribution in [0.25, 0.3) is 16.7 Å². The van der Waals surface area contributed by atoms with Crippen LogP contribution in [0.1, 0.15) is 24.1 Å². The highest BCUT2D eigenvalue weighted by Gasteiger charge is 2.35. The topological polar surface area (TPSA) is 101 Å². The van der Waals surface area contributed by atoms with Gasteiger partial charge in [0.25, 0.3) is 0 Å². The molecule has 1 aromatic carbocycles. The summed E-state index contributed by atoms with van der Waals surface area (Å²) in [6.07, 6.45) is -1.27. The fraction of sp³-hybridized carbons (Fsp3) is 0.318. The van der Waals surface area contributed by atoms with E-state index in [1.165, 1.54) is 47.3 Å². The minimum absolute atomic E-state index is 0.111. The van der Waals surface area contributed by atoms with Crippen molar-refractivity contribution in [2.24, 2.45) is 0 Å². The van der Waals surface area contributed by atoms with Gasteiger partial charge in [-0.15, -0.1) is 13.2 Å². The molecule has 2 N–H and O–H groups in total. The molecule has 3 aromatic rings. The predicted molar refractivity (Wildman–Crippen MR) is 112 cm³/mol. The Morgan fingerprint density at radius 1 is 1.27 bits per heavy atom. The van der Waals surface area contributed by atoms with E-state index in [2.05, 4.69) is 14.8 Å². The van der Waals surface area contributed by atoms with Crippen LogP contribution in [0.15, 0.2) is 48.7 Å². The molecule has 0 radical (unpaired) electrons. The number of aliphatic hydroxyl groups excluding tert-OH is 2. The lowest BCUT2D eigenvalue weighted by Crippen LogP contribution is -2.48. The van der Waals surface area contributed by atoms with Gasteiger partial charge in [0.1, 0.15) is 5.75 Å². The molecule has 0 aliphatic carbocycles. The second-order valence-electron chi connectivity index (χ2n) is 7.71. The normalized spacial score (nSPS) is 15.8. The molecule has 1 atom stereocenters. The fourth-order valence-corrected chi connectivity index (χ4v) is 3.68. The molecule has 33 heavy (non-hydrogen) atoms. The number of hydrogen-bond donors (Lipinski definition) is 2. The third-order valence-electron chi connectivity index (χ3n) is 5.26. The van der Waals surface area contributed by atoms with Gasteiger partial charge in [0, 0.05) is 36.7 Å². The Bertz CT molecular complexity index is 1180. The summed E-state index contributed by atoms with van der Waals surface area (Å²) in [6.45, 7) is 2.09. The molecule has 0 spiro atoms. The molecule has 174 valence electrons. The lowest BCUT2D eigenvalue weighted by Gasteiger charge is -2.38. The van der Waals surface area contributed by atoms with Crippen molar-refractivity contribution in [3.8, 4) is 11.4 Å². The molecule has 1 fully saturated rings. The van der Waals surface area contributed by atoms with E-state index in [0.29, 0.717) is 41.1 Å². The maximum atomic E-state index is 12.5. The number of rotatable bonds is 6. The van der Waals surface area contributed by atoms with Gasteiger partial charge in [0.05, 0.1) is 24.1 Å². The first kappa shape index (κ1) is 22.7. The number of aliphatic hydroxyl groups is 2. The lowest BCUT2D eigenvalue weighted by atomic mass is 9.93. The van der Waals surface area contributed by atoms with Crippen LogP contribution in [0, 0.1) is 0 Å². The van der Waals surface area contributed by atoms with Gasteiger partial charge in [-0.25, -0.2) is 9.67 Å². The first-order valence-corrected chi connectivity index (χ1v) is 10.1. The summed E-state index contributed by atoms with van der Waals surface area (Å²) in [5, 5.41) is 24.4. The highest BCUT2D eigenvalue weighted by Crippen LogP contribution is 2.34. The SMILES string of the molecule is CC(O)C=CC(=O)N1CC(c2nn(-c3ccc(OC(F)(F)F)cc3)c3nccc(CO)c23)C1. The molecule has 0 bridgehead atoms. The number of carbonyl (C=O) groups is 1. The van der Waals surface area contributed by atoms with E-state index >= 15 is 0 Å². The Balaban J connectivity index is 1.65. The van der Waals surface area contributed by atoms with Crippen molar-refractivity contribution in [2.75, 3.05) is 13.1 Å². The molecule has 3 heterocycles. The lowest BCUT2D eigenvalue weighted by molar-refractivity contribution is -0.274. The van der Waals surface area contributed by atoms with E-state index in [0.717, 1.165) is 0 Å². The van der Waals surface area contributed by atoms with E-state index < -0.39 is 12.5 Å². The zero-order valence-corrected chi connectivity index (χ0v) is 17.5. The number of pyridine rings is 1. The third kappa shape index (κ3) is 4.83. The van der Waals surface area contributed by atoms with Crippen molar-refractivity contribution in [3.63, 3.8) is 0 Å². The molecular weight excluding hydrogens is 441 g/mol. The fourth-order valence-electron chi connectivity index (χ4n) is 3.68. The maximum absolute atomic E-state index is 12.5. The van der Waals surface area contributed by atoms with Gasteiger partial charge in [-0.05, 0) is 42.8 Å². The van der Waals surface area contributed by atoms with Gasteiger partial charge in [0.2, 0.25) is 5.91 Å². The molecule has 1 aliphatic heterocycles. The second-order valence-corrected chi connectivity index (χ2v) is 7.71. The molecule has 8 nitrogen and oxygen atoms in total. The number of carbonyl (C=O) groups excluding carboxylic acids is 1. The van der Waals surface area contributed by atoms with Gasteiger partial charge < -0.3 is 19.8 Å². The minimum Gasteiger partial charge on any atom is -0.406 e. The van der Waals surface area contributed by atoms with Gasteiger partial charge in [-0.2, -0.15) is 5.10 Å². The molecular formula is C22H21F3N4O4. The summed E-state index contributed by atoms with van der Waals surface area (Å²) >= 11 is 0. The van der Waals surface area contributed by atoms with Crippen LogP contribution >= 0.6 is 0 Å². The molecule has 11 heteroatoms. The van der Waals surface area contributed by atoms with E-state index in [-0.39, 0.29) is 24.2 Å². The van der Waals surface area contributed by atoms with Gasteiger partial charge in [-0.1, -0.05) is 6.08 Å². The number of hydrogen-bond acceptors (Lipinski definition) is 6. The van der Waals surface area contributed by atoms with Crippen LogP contribution in [-0.2, 0) is 11.4 Å². The molecule has 4 rings (SSSR count). The Morgan fingerprint density at radius 2 is 1.97 bits per heavy atom. The highest BCUT2D eigenvalue weighted by atomic mass is 19.4. The van der Waals surface area contributed by atoms with Crippen molar-refractivity contribution in [2.45, 2.75) is 31.9 Å². The van der Waals surface area contributed by atoms with E-state index in [1.54, 1.807) is 17.9 Å². The van der Waals surface area contributed by atoms with Crippen LogP contribution < -0.4 is 4.74 Å². The number of alkyl halides is 3. The Kier molecular flexibility index (Phi) is 6.09. The first-order valence-electron chi connectivity index (χ1n) is 10.1. The summed E-state index contributed by atoms with van der Waals surface area (Å²) in [6, 6.07) is 6.91. The van der Waals surface area contributed by atoms with Crippen LogP contribution in [-0.4, -0.2) is 61.3 Å².